The van der Waals surface area contributed by atoms with Crippen molar-refractivity contribution in [1.29, 1.82) is 0 Å². The third-order valence-electron chi connectivity index (χ3n) is 2.82. The predicted molar refractivity (Wildman–Crippen MR) is 79.1 cm³/mol. The molecule has 0 aromatic carbocycles. The first kappa shape index (κ1) is 15.0. The van der Waals surface area contributed by atoms with Crippen LogP contribution in [0.3, 0.4) is 0 Å². The lowest BCUT2D eigenvalue weighted by Crippen LogP contribution is -2.12. The van der Waals surface area contributed by atoms with Crippen LogP contribution in [-0.4, -0.2) is 46.4 Å². The standard InChI is InChI=1S/C13H20N6O2/c1-20-7-8-21-13-11(14)12(17-9-18-13)16-3-2-5-19-6-4-15-10-19/h4,6,9-10H,2-3,5,7-8,14H2,1H3,(H,16,17,18). The number of aryl methyl sites for hydroxylation is 1. The first-order valence-electron chi connectivity index (χ1n) is 6.73. The highest BCUT2D eigenvalue weighted by atomic mass is 16.5. The molecule has 114 valence electrons. The highest BCUT2D eigenvalue weighted by Crippen LogP contribution is 2.24. The van der Waals surface area contributed by atoms with Crippen molar-refractivity contribution < 1.29 is 9.47 Å². The number of nitrogens with zero attached hydrogens (tertiary/aromatic N) is 4. The van der Waals surface area contributed by atoms with E-state index in [0.717, 1.165) is 19.5 Å². The van der Waals surface area contributed by atoms with Crippen molar-refractivity contribution in [2.75, 3.05) is 37.9 Å². The van der Waals surface area contributed by atoms with Crippen LogP contribution < -0.4 is 15.8 Å². The SMILES string of the molecule is COCCOc1ncnc(NCCCn2ccnc2)c1N. The second-order valence-electron chi connectivity index (χ2n) is 4.36. The van der Waals surface area contributed by atoms with E-state index in [-0.39, 0.29) is 0 Å². The van der Waals surface area contributed by atoms with Crippen LogP contribution in [0, 0.1) is 0 Å². The van der Waals surface area contributed by atoms with Gasteiger partial charge in [-0.1, -0.05) is 0 Å². The largest absolute Gasteiger partial charge is 0.474 e. The van der Waals surface area contributed by atoms with Gasteiger partial charge >= 0.3 is 0 Å². The Kier molecular flexibility index (Phi) is 5.77. The van der Waals surface area contributed by atoms with Crippen molar-refractivity contribution in [1.82, 2.24) is 19.5 Å². The molecule has 3 N–H and O–H groups in total. The first-order chi connectivity index (χ1) is 10.3. The number of anilines is 2. The number of nitrogen functional groups attached to an aromatic ring is 1. The minimum absolute atomic E-state index is 0.374. The van der Waals surface area contributed by atoms with Gasteiger partial charge in [0, 0.05) is 32.6 Å². The lowest BCUT2D eigenvalue weighted by Gasteiger charge is -2.11. The van der Waals surface area contributed by atoms with Gasteiger partial charge < -0.3 is 25.1 Å². The number of nitrogens with one attached hydrogen (secondary N) is 1. The van der Waals surface area contributed by atoms with Gasteiger partial charge in [0.15, 0.2) is 5.82 Å². The number of hydrogen-bond acceptors (Lipinski definition) is 7. The van der Waals surface area contributed by atoms with Crippen LogP contribution in [-0.2, 0) is 11.3 Å². The van der Waals surface area contributed by atoms with Crippen LogP contribution in [0.4, 0.5) is 11.5 Å². The molecule has 8 heteroatoms. The maximum Gasteiger partial charge on any atom is 0.242 e. The van der Waals surface area contributed by atoms with Crippen LogP contribution in [0.25, 0.3) is 0 Å². The Labute approximate surface area is 123 Å². The zero-order valence-electron chi connectivity index (χ0n) is 12.0. The van der Waals surface area contributed by atoms with Crippen molar-refractivity contribution >= 4 is 11.5 Å². The maximum absolute atomic E-state index is 5.97. The molecule has 2 aromatic heterocycles. The van der Waals surface area contributed by atoms with Gasteiger partial charge in [0.05, 0.1) is 12.9 Å². The second kappa shape index (κ2) is 8.05. The van der Waals surface area contributed by atoms with Gasteiger partial charge in [-0.25, -0.2) is 9.97 Å². The summed E-state index contributed by atoms with van der Waals surface area (Å²) in [5, 5.41) is 3.19. The number of ether oxygens (including phenoxy) is 2. The minimum atomic E-state index is 0.374. The topological polar surface area (TPSA) is 100 Å². The quantitative estimate of drug-likeness (QED) is 0.659. The molecule has 0 aliphatic rings. The molecule has 0 aliphatic heterocycles. The van der Waals surface area contributed by atoms with Crippen molar-refractivity contribution in [3.8, 4) is 5.88 Å². The normalized spacial score (nSPS) is 10.5. The second-order valence-corrected chi connectivity index (χ2v) is 4.36. The van der Waals surface area contributed by atoms with E-state index in [1.165, 1.54) is 6.33 Å². The number of methoxy groups -OCH3 is 1. The summed E-state index contributed by atoms with van der Waals surface area (Å²) >= 11 is 0. The van der Waals surface area contributed by atoms with Crippen LogP contribution in [0.1, 0.15) is 6.42 Å². The fourth-order valence-corrected chi connectivity index (χ4v) is 1.74. The number of imidazole rings is 1. The average Bonchev–Trinajstić information content (AvgIpc) is 3.00. The molecule has 0 aliphatic carbocycles. The smallest absolute Gasteiger partial charge is 0.242 e. The van der Waals surface area contributed by atoms with Gasteiger partial charge in [0.2, 0.25) is 5.88 Å². The average molecular weight is 292 g/mol. The Morgan fingerprint density at radius 1 is 1.33 bits per heavy atom. The zero-order valence-corrected chi connectivity index (χ0v) is 12.0. The zero-order chi connectivity index (χ0) is 14.9. The van der Waals surface area contributed by atoms with Gasteiger partial charge in [-0.05, 0) is 6.42 Å². The van der Waals surface area contributed by atoms with Gasteiger partial charge in [0.25, 0.3) is 0 Å². The molecule has 0 saturated carbocycles. The van der Waals surface area contributed by atoms with E-state index >= 15 is 0 Å². The van der Waals surface area contributed by atoms with E-state index in [9.17, 15) is 0 Å². The molecule has 0 bridgehead atoms. The van der Waals surface area contributed by atoms with E-state index in [1.54, 1.807) is 19.6 Å². The monoisotopic (exact) mass is 292 g/mol. The third-order valence-corrected chi connectivity index (χ3v) is 2.82. The number of nitrogens with two attached hydrogens (primary N) is 1. The van der Waals surface area contributed by atoms with Crippen molar-refractivity contribution in [3.05, 3.63) is 25.0 Å². The van der Waals surface area contributed by atoms with Gasteiger partial charge in [-0.2, -0.15) is 4.98 Å². The third kappa shape index (κ3) is 4.60. The van der Waals surface area contributed by atoms with Gasteiger partial charge in [-0.15, -0.1) is 0 Å². The molecule has 0 saturated heterocycles. The fraction of sp³-hybridized carbons (Fsp3) is 0.462. The summed E-state index contributed by atoms with van der Waals surface area (Å²) in [7, 11) is 1.61. The lowest BCUT2D eigenvalue weighted by molar-refractivity contribution is 0.144. The Balaban J connectivity index is 1.80. The first-order valence-corrected chi connectivity index (χ1v) is 6.73. The highest BCUT2D eigenvalue weighted by molar-refractivity contribution is 5.66. The summed E-state index contributed by atoms with van der Waals surface area (Å²) in [4.78, 5) is 12.1. The number of hydrogen-bond donors (Lipinski definition) is 2. The molecule has 2 aromatic rings. The summed E-state index contributed by atoms with van der Waals surface area (Å²) in [5.41, 5.74) is 6.39. The van der Waals surface area contributed by atoms with Crippen molar-refractivity contribution in [3.63, 3.8) is 0 Å². The molecule has 0 amide bonds. The Morgan fingerprint density at radius 3 is 3.00 bits per heavy atom. The highest BCUT2D eigenvalue weighted by Gasteiger charge is 2.08. The molecule has 0 radical (unpaired) electrons. The number of aromatic nitrogens is 4. The molecule has 8 nitrogen and oxygen atoms in total. The molecular weight excluding hydrogens is 272 g/mol. The Bertz CT molecular complexity index is 531. The molecule has 21 heavy (non-hydrogen) atoms. The molecule has 0 spiro atoms. The summed E-state index contributed by atoms with van der Waals surface area (Å²) in [6, 6.07) is 0. The molecule has 2 rings (SSSR count). The van der Waals surface area contributed by atoms with E-state index in [0.29, 0.717) is 30.6 Å². The minimum Gasteiger partial charge on any atom is -0.474 e. The molecular formula is C13H20N6O2. The van der Waals surface area contributed by atoms with Crippen LogP contribution in [0.15, 0.2) is 25.0 Å². The Hall–Kier alpha value is -2.35. The fourth-order valence-electron chi connectivity index (χ4n) is 1.74. The Morgan fingerprint density at radius 2 is 2.24 bits per heavy atom. The lowest BCUT2D eigenvalue weighted by atomic mass is 10.4. The summed E-state index contributed by atoms with van der Waals surface area (Å²) in [5.74, 6) is 0.960. The van der Waals surface area contributed by atoms with Crippen LogP contribution in [0.5, 0.6) is 5.88 Å². The van der Waals surface area contributed by atoms with Crippen molar-refractivity contribution in [2.24, 2.45) is 0 Å². The van der Waals surface area contributed by atoms with Crippen LogP contribution >= 0.6 is 0 Å². The van der Waals surface area contributed by atoms with Gasteiger partial charge in [-0.3, -0.25) is 0 Å². The van der Waals surface area contributed by atoms with Crippen LogP contribution in [0.2, 0.25) is 0 Å². The summed E-state index contributed by atoms with van der Waals surface area (Å²) < 4.78 is 12.4. The van der Waals surface area contributed by atoms with Crippen molar-refractivity contribution in [2.45, 2.75) is 13.0 Å². The summed E-state index contributed by atoms with van der Waals surface area (Å²) in [6.45, 7) is 2.51. The van der Waals surface area contributed by atoms with E-state index in [1.807, 2.05) is 10.8 Å². The molecule has 0 unspecified atom stereocenters. The molecule has 0 atom stereocenters. The van der Waals surface area contributed by atoms with Gasteiger partial charge in [0.1, 0.15) is 18.6 Å². The van der Waals surface area contributed by atoms with E-state index in [2.05, 4.69) is 20.3 Å². The summed E-state index contributed by atoms with van der Waals surface area (Å²) in [6.07, 6.45) is 7.84. The van der Waals surface area contributed by atoms with E-state index < -0.39 is 0 Å². The predicted octanol–water partition coefficient (Wildman–Crippen LogP) is 0.783. The van der Waals surface area contributed by atoms with E-state index in [4.69, 9.17) is 15.2 Å². The number of rotatable bonds is 9. The maximum atomic E-state index is 5.97. The molecule has 0 fully saturated rings. The molecule has 2 heterocycles.